The van der Waals surface area contributed by atoms with Crippen molar-refractivity contribution in [1.29, 1.82) is 0 Å². The van der Waals surface area contributed by atoms with Gasteiger partial charge in [-0.25, -0.2) is 9.59 Å². The Kier molecular flexibility index (Phi) is 4.93. The lowest BCUT2D eigenvalue weighted by atomic mass is 9.83. The zero-order valence-electron chi connectivity index (χ0n) is 14.9. The molecule has 1 aliphatic rings. The maximum absolute atomic E-state index is 13.2. The Morgan fingerprint density at radius 2 is 2.00 bits per heavy atom. The summed E-state index contributed by atoms with van der Waals surface area (Å²) >= 11 is 0. The minimum atomic E-state index is -4.61. The van der Waals surface area contributed by atoms with Crippen molar-refractivity contribution in [1.82, 2.24) is 0 Å². The van der Waals surface area contributed by atoms with E-state index in [-0.39, 0.29) is 40.7 Å². The Balaban J connectivity index is 2.28. The standard InChI is InChI=1S/C19H16F3NO5/c1-3-26-17(24)15-13(10-5-4-6-11(8-10)19(20,21)22)14-12(28-16(15)23)7-9(2)27-18(14)25/h4-8,13H,3,23H2,1-2H3/t13-/m0/s1. The van der Waals surface area contributed by atoms with Crippen molar-refractivity contribution in [3.63, 3.8) is 0 Å². The fourth-order valence-electron chi connectivity index (χ4n) is 3.05. The zero-order valence-corrected chi connectivity index (χ0v) is 14.9. The highest BCUT2D eigenvalue weighted by atomic mass is 19.4. The second-order valence-electron chi connectivity index (χ2n) is 6.08. The molecule has 0 fully saturated rings. The van der Waals surface area contributed by atoms with Gasteiger partial charge in [-0.05, 0) is 25.5 Å². The van der Waals surface area contributed by atoms with Crippen LogP contribution in [0, 0.1) is 6.92 Å². The lowest BCUT2D eigenvalue weighted by Crippen LogP contribution is -2.31. The highest BCUT2D eigenvalue weighted by Crippen LogP contribution is 2.42. The van der Waals surface area contributed by atoms with Gasteiger partial charge >= 0.3 is 17.8 Å². The SMILES string of the molecule is CCOC(=O)C1=C(N)Oc2cc(C)oc(=O)c2[C@@H]1c1cccc(C(F)(F)F)c1. The van der Waals surface area contributed by atoms with Gasteiger partial charge in [-0.1, -0.05) is 18.2 Å². The minimum absolute atomic E-state index is 0.000284. The highest BCUT2D eigenvalue weighted by Gasteiger charge is 2.39. The van der Waals surface area contributed by atoms with E-state index < -0.39 is 29.3 Å². The van der Waals surface area contributed by atoms with E-state index in [2.05, 4.69) is 0 Å². The van der Waals surface area contributed by atoms with Gasteiger partial charge < -0.3 is 19.6 Å². The number of carbonyl (C=O) groups excluding carboxylic acids is 1. The van der Waals surface area contributed by atoms with Gasteiger partial charge in [0.1, 0.15) is 17.1 Å². The van der Waals surface area contributed by atoms with Crippen molar-refractivity contribution in [2.45, 2.75) is 25.9 Å². The average Bonchev–Trinajstić information content (AvgIpc) is 2.59. The molecule has 0 unspecified atom stereocenters. The van der Waals surface area contributed by atoms with Crippen molar-refractivity contribution in [2.24, 2.45) is 5.73 Å². The second-order valence-corrected chi connectivity index (χ2v) is 6.08. The van der Waals surface area contributed by atoms with Crippen molar-refractivity contribution >= 4 is 5.97 Å². The summed E-state index contributed by atoms with van der Waals surface area (Å²) in [7, 11) is 0. The van der Waals surface area contributed by atoms with E-state index in [0.29, 0.717) is 0 Å². The molecule has 0 radical (unpaired) electrons. The third-order valence-corrected chi connectivity index (χ3v) is 4.18. The number of benzene rings is 1. The van der Waals surface area contributed by atoms with Crippen LogP contribution in [0.3, 0.4) is 0 Å². The van der Waals surface area contributed by atoms with E-state index in [1.807, 2.05) is 0 Å². The normalized spacial score (nSPS) is 16.4. The molecule has 0 aliphatic carbocycles. The van der Waals surface area contributed by atoms with Gasteiger partial charge in [0.2, 0.25) is 5.88 Å². The third kappa shape index (κ3) is 3.47. The predicted octanol–water partition coefficient (Wildman–Crippen LogP) is 3.22. The third-order valence-electron chi connectivity index (χ3n) is 4.18. The average molecular weight is 395 g/mol. The second kappa shape index (κ2) is 7.06. The number of nitrogens with two attached hydrogens (primary N) is 1. The summed E-state index contributed by atoms with van der Waals surface area (Å²) in [5.74, 6) is -2.24. The number of esters is 1. The maximum atomic E-state index is 13.2. The topological polar surface area (TPSA) is 91.8 Å². The van der Waals surface area contributed by atoms with Gasteiger partial charge in [0.05, 0.1) is 23.7 Å². The molecule has 0 spiro atoms. The molecular formula is C19H16F3NO5. The first kappa shape index (κ1) is 19.5. The Bertz CT molecular complexity index is 1020. The first-order chi connectivity index (χ1) is 13.1. The summed E-state index contributed by atoms with van der Waals surface area (Å²) < 4.78 is 55.0. The molecule has 1 aliphatic heterocycles. The molecule has 1 atom stereocenters. The molecule has 0 saturated carbocycles. The molecule has 6 nitrogen and oxygen atoms in total. The fraction of sp³-hybridized carbons (Fsp3) is 0.263. The predicted molar refractivity (Wildman–Crippen MR) is 91.5 cm³/mol. The molecule has 0 amide bonds. The summed E-state index contributed by atoms with van der Waals surface area (Å²) in [5.41, 5.74) is 3.75. The molecule has 9 heteroatoms. The Hall–Kier alpha value is -3.23. The van der Waals surface area contributed by atoms with Crippen LogP contribution >= 0.6 is 0 Å². The summed E-state index contributed by atoms with van der Waals surface area (Å²) in [4.78, 5) is 25.0. The van der Waals surface area contributed by atoms with E-state index >= 15 is 0 Å². The lowest BCUT2D eigenvalue weighted by Gasteiger charge is -2.27. The molecule has 0 saturated heterocycles. The van der Waals surface area contributed by atoms with E-state index in [4.69, 9.17) is 19.6 Å². The summed E-state index contributed by atoms with van der Waals surface area (Å²) in [6.07, 6.45) is -4.61. The van der Waals surface area contributed by atoms with Crippen LogP contribution in [-0.2, 0) is 15.7 Å². The van der Waals surface area contributed by atoms with Gasteiger partial charge in [0, 0.05) is 6.07 Å². The fourth-order valence-corrected chi connectivity index (χ4v) is 3.05. The number of carbonyl (C=O) groups is 1. The molecule has 0 bridgehead atoms. The number of alkyl halides is 3. The molecule has 3 rings (SSSR count). The van der Waals surface area contributed by atoms with E-state index in [0.717, 1.165) is 12.1 Å². The molecule has 1 aromatic heterocycles. The molecule has 148 valence electrons. The number of aryl methyl sites for hydroxylation is 1. The number of hydrogen-bond donors (Lipinski definition) is 1. The molecule has 2 N–H and O–H groups in total. The number of halogens is 3. The van der Waals surface area contributed by atoms with Gasteiger partial charge in [-0.3, -0.25) is 0 Å². The Morgan fingerprint density at radius 3 is 2.64 bits per heavy atom. The highest BCUT2D eigenvalue weighted by molar-refractivity contribution is 5.92. The van der Waals surface area contributed by atoms with Crippen LogP contribution in [0.15, 0.2) is 51.0 Å². The van der Waals surface area contributed by atoms with Crippen molar-refractivity contribution < 1.29 is 31.9 Å². The van der Waals surface area contributed by atoms with Crippen molar-refractivity contribution in [3.8, 4) is 5.75 Å². The monoisotopic (exact) mass is 395 g/mol. The van der Waals surface area contributed by atoms with Crippen LogP contribution in [0.5, 0.6) is 5.75 Å². The Morgan fingerprint density at radius 1 is 1.29 bits per heavy atom. The molecule has 2 aromatic rings. The van der Waals surface area contributed by atoms with Crippen LogP contribution in [0.4, 0.5) is 13.2 Å². The molecule has 2 heterocycles. The molecule has 1 aromatic carbocycles. The van der Waals surface area contributed by atoms with Crippen LogP contribution < -0.4 is 16.1 Å². The van der Waals surface area contributed by atoms with Gasteiger partial charge in [-0.2, -0.15) is 13.2 Å². The van der Waals surface area contributed by atoms with Crippen LogP contribution in [-0.4, -0.2) is 12.6 Å². The van der Waals surface area contributed by atoms with E-state index in [1.165, 1.54) is 25.1 Å². The van der Waals surface area contributed by atoms with Gasteiger partial charge in [0.25, 0.3) is 0 Å². The van der Waals surface area contributed by atoms with Gasteiger partial charge in [-0.15, -0.1) is 0 Å². The number of fused-ring (bicyclic) bond motifs is 1. The first-order valence-corrected chi connectivity index (χ1v) is 8.30. The zero-order chi connectivity index (χ0) is 20.6. The summed E-state index contributed by atoms with van der Waals surface area (Å²) in [6, 6.07) is 5.67. The lowest BCUT2D eigenvalue weighted by molar-refractivity contribution is -0.139. The van der Waals surface area contributed by atoms with Crippen LogP contribution in [0.1, 0.15) is 35.3 Å². The first-order valence-electron chi connectivity index (χ1n) is 8.30. The van der Waals surface area contributed by atoms with Crippen molar-refractivity contribution in [2.75, 3.05) is 6.61 Å². The molecular weight excluding hydrogens is 379 g/mol. The summed E-state index contributed by atoms with van der Waals surface area (Å²) in [5, 5.41) is 0. The van der Waals surface area contributed by atoms with Crippen molar-refractivity contribution in [3.05, 3.63) is 74.7 Å². The van der Waals surface area contributed by atoms with Crippen LogP contribution in [0.25, 0.3) is 0 Å². The smallest absolute Gasteiger partial charge is 0.416 e. The number of hydrogen-bond acceptors (Lipinski definition) is 6. The molecule has 28 heavy (non-hydrogen) atoms. The maximum Gasteiger partial charge on any atom is 0.416 e. The summed E-state index contributed by atoms with van der Waals surface area (Å²) in [6.45, 7) is 3.06. The minimum Gasteiger partial charge on any atom is -0.462 e. The van der Waals surface area contributed by atoms with E-state index in [1.54, 1.807) is 6.92 Å². The van der Waals surface area contributed by atoms with Gasteiger partial charge in [0.15, 0.2) is 0 Å². The number of rotatable bonds is 3. The van der Waals surface area contributed by atoms with Crippen LogP contribution in [0.2, 0.25) is 0 Å². The quantitative estimate of drug-likeness (QED) is 0.803. The van der Waals surface area contributed by atoms with E-state index in [9.17, 15) is 22.8 Å². The largest absolute Gasteiger partial charge is 0.462 e. The Labute approximate surface area is 157 Å². The number of ether oxygens (including phenoxy) is 2.